The van der Waals surface area contributed by atoms with Crippen LogP contribution in [0.3, 0.4) is 0 Å². The summed E-state index contributed by atoms with van der Waals surface area (Å²) in [5, 5.41) is 0. The number of rotatable bonds is 6. The van der Waals surface area contributed by atoms with Crippen LogP contribution < -0.4 is 0 Å². The van der Waals surface area contributed by atoms with Crippen LogP contribution in [0, 0.1) is 35.5 Å². The lowest BCUT2D eigenvalue weighted by Crippen LogP contribution is -2.50. The Morgan fingerprint density at radius 2 is 0.444 bits per heavy atom. The minimum Gasteiger partial charge on any atom is -0.137 e. The summed E-state index contributed by atoms with van der Waals surface area (Å²) in [4.78, 5) is 0. The van der Waals surface area contributed by atoms with E-state index in [0.29, 0.717) is 0 Å². The van der Waals surface area contributed by atoms with Crippen molar-refractivity contribution in [2.24, 2.45) is 35.5 Å². The summed E-state index contributed by atoms with van der Waals surface area (Å²) in [6, 6.07) is 0. The minimum atomic E-state index is 0.883. The first-order valence-corrected chi connectivity index (χ1v) is 11.8. The number of hydrogen-bond acceptors (Lipinski definition) is 0. The lowest BCUT2D eigenvalue weighted by atomic mass is 9.59. The zero-order valence-electron chi connectivity index (χ0n) is 11.2. The van der Waals surface area contributed by atoms with Crippen LogP contribution in [0.15, 0.2) is 0 Å². The van der Waals surface area contributed by atoms with Crippen LogP contribution in [0.5, 0.6) is 0 Å². The monoisotopic (exact) mass is 360 g/mol. The van der Waals surface area contributed by atoms with Crippen molar-refractivity contribution >= 4 is 55.4 Å². The second-order valence-corrected chi connectivity index (χ2v) is 8.23. The largest absolute Gasteiger partial charge is 0.137 e. The molecule has 0 aromatic carbocycles. The molecule has 1 aliphatic rings. The Balaban J connectivity index is 3.06. The molecule has 0 N–H and O–H groups in total. The topological polar surface area (TPSA) is 0 Å². The van der Waals surface area contributed by atoms with Gasteiger partial charge in [0.25, 0.3) is 0 Å². The van der Waals surface area contributed by atoms with Crippen molar-refractivity contribution in [2.45, 2.75) is 0 Å². The van der Waals surface area contributed by atoms with Gasteiger partial charge in [0.1, 0.15) is 0 Å². The van der Waals surface area contributed by atoms with E-state index >= 15 is 0 Å². The minimum absolute atomic E-state index is 0.883. The van der Waals surface area contributed by atoms with Gasteiger partial charge < -0.3 is 0 Å². The third-order valence-corrected chi connectivity index (χ3v) is 8.20. The van der Waals surface area contributed by atoms with Gasteiger partial charge in [-0.25, -0.2) is 0 Å². The van der Waals surface area contributed by atoms with Crippen LogP contribution in [0.4, 0.5) is 0 Å². The van der Waals surface area contributed by atoms with Crippen molar-refractivity contribution in [3.63, 3.8) is 0 Å². The highest BCUT2D eigenvalue weighted by Gasteiger charge is 2.46. The lowest BCUT2D eigenvalue weighted by Gasteiger charge is -2.51. The van der Waals surface area contributed by atoms with Gasteiger partial charge in [-0.05, 0) is 72.5 Å². The van der Waals surface area contributed by atoms with Gasteiger partial charge in [-0.3, -0.25) is 0 Å². The maximum absolute atomic E-state index is 3.02. The highest BCUT2D eigenvalue weighted by molar-refractivity contribution is 7.18. The van der Waals surface area contributed by atoms with Gasteiger partial charge in [0.15, 0.2) is 0 Å². The van der Waals surface area contributed by atoms with E-state index in [4.69, 9.17) is 0 Å². The molecule has 6 unspecified atom stereocenters. The molecule has 0 spiro atoms. The Bertz CT molecular complexity index is 163. The summed E-state index contributed by atoms with van der Waals surface area (Å²) in [6.07, 6.45) is 7.61. The maximum atomic E-state index is 3.02. The van der Waals surface area contributed by atoms with E-state index in [9.17, 15) is 0 Å². The molecule has 0 heterocycles. The van der Waals surface area contributed by atoms with Gasteiger partial charge in [0.2, 0.25) is 0 Å². The maximum Gasteiger partial charge on any atom is -0.0311 e. The van der Waals surface area contributed by atoms with Gasteiger partial charge in [-0.1, -0.05) is 0 Å². The fourth-order valence-electron chi connectivity index (χ4n) is 4.00. The van der Waals surface area contributed by atoms with Crippen LogP contribution in [-0.2, 0) is 0 Å². The Labute approximate surface area is 128 Å². The average molecular weight is 360 g/mol. The summed E-state index contributed by atoms with van der Waals surface area (Å²) >= 11 is 0. The lowest BCUT2D eigenvalue weighted by molar-refractivity contribution is 0.0445. The Kier molecular flexibility index (Phi) is 9.90. The Morgan fingerprint density at radius 3 is 0.500 bits per heavy atom. The van der Waals surface area contributed by atoms with E-state index in [1.165, 1.54) is 37.0 Å². The second-order valence-electron chi connectivity index (χ2n) is 5.40. The molecular weight excluding hydrogens is 330 g/mol. The van der Waals surface area contributed by atoms with E-state index < -0.39 is 0 Å². The van der Waals surface area contributed by atoms with Crippen LogP contribution in [0.25, 0.3) is 0 Å². The molecule has 1 aliphatic carbocycles. The first-order chi connectivity index (χ1) is 8.69. The molecule has 108 valence electrons. The predicted octanol–water partition coefficient (Wildman–Crippen LogP) is 2.95. The normalized spacial score (nSPS) is 41.0. The average Bonchev–Trinajstić information content (AvgIpc) is 2.43. The molecule has 0 radical (unpaired) electrons. The molecule has 0 bridgehead atoms. The Morgan fingerprint density at radius 1 is 0.333 bits per heavy atom. The van der Waals surface area contributed by atoms with Crippen LogP contribution in [0.2, 0.25) is 0 Å². The predicted molar refractivity (Wildman–Crippen MR) is 108 cm³/mol. The molecule has 0 aromatic heterocycles. The SMILES string of the molecule is PCC1C(CP)C(CP)C(CP)C(CP)C1CP. The van der Waals surface area contributed by atoms with Crippen molar-refractivity contribution in [1.82, 2.24) is 0 Å². The third kappa shape index (κ3) is 3.86. The summed E-state index contributed by atoms with van der Waals surface area (Å²) in [5.74, 6) is 5.30. The fraction of sp³-hybridized carbons (Fsp3) is 1.00. The Hall–Kier alpha value is 2.58. The van der Waals surface area contributed by atoms with Crippen molar-refractivity contribution in [1.29, 1.82) is 0 Å². The highest BCUT2D eigenvalue weighted by Crippen LogP contribution is 2.49. The molecule has 6 heteroatoms. The second kappa shape index (κ2) is 9.57. The van der Waals surface area contributed by atoms with Gasteiger partial charge in [-0.15, -0.1) is 55.4 Å². The zero-order chi connectivity index (χ0) is 13.7. The molecule has 0 amide bonds. The molecule has 1 rings (SSSR count). The van der Waals surface area contributed by atoms with Crippen LogP contribution >= 0.6 is 55.4 Å². The summed E-state index contributed by atoms with van der Waals surface area (Å²) in [6.45, 7) is 0. The molecule has 0 nitrogen and oxygen atoms in total. The molecule has 18 heavy (non-hydrogen) atoms. The number of hydrogen-bond donors (Lipinski definition) is 0. The molecule has 0 aliphatic heterocycles. The quantitative estimate of drug-likeness (QED) is 0.639. The van der Waals surface area contributed by atoms with E-state index in [2.05, 4.69) is 55.4 Å². The summed E-state index contributed by atoms with van der Waals surface area (Å²) in [7, 11) is 18.1. The van der Waals surface area contributed by atoms with E-state index in [-0.39, 0.29) is 0 Å². The third-order valence-electron chi connectivity index (χ3n) is 4.93. The molecular formula is C12H30P6. The van der Waals surface area contributed by atoms with Crippen molar-refractivity contribution in [3.8, 4) is 0 Å². The molecule has 1 fully saturated rings. The highest BCUT2D eigenvalue weighted by atomic mass is 31.0. The van der Waals surface area contributed by atoms with Crippen LogP contribution in [-0.4, -0.2) is 37.0 Å². The van der Waals surface area contributed by atoms with Crippen LogP contribution in [0.1, 0.15) is 0 Å². The molecule has 0 aromatic rings. The summed E-state index contributed by atoms with van der Waals surface area (Å²) < 4.78 is 0. The molecule has 1 saturated carbocycles. The van der Waals surface area contributed by atoms with Crippen molar-refractivity contribution in [2.75, 3.05) is 37.0 Å². The standard InChI is InChI=1S/C12H30P6/c13-1-7-8(2-14)10(4-16)12(6-18)11(5-17)9(7)3-15/h7-12H,1-6,13-18H2. The van der Waals surface area contributed by atoms with E-state index in [1.807, 2.05) is 0 Å². The van der Waals surface area contributed by atoms with Gasteiger partial charge in [0.05, 0.1) is 0 Å². The fourth-order valence-corrected chi connectivity index (χ4v) is 8.20. The van der Waals surface area contributed by atoms with Gasteiger partial charge in [0, 0.05) is 0 Å². The van der Waals surface area contributed by atoms with E-state index in [0.717, 1.165) is 35.5 Å². The zero-order valence-corrected chi connectivity index (χ0v) is 18.1. The van der Waals surface area contributed by atoms with Crippen molar-refractivity contribution < 1.29 is 0 Å². The molecule has 6 atom stereocenters. The smallest absolute Gasteiger partial charge is 0.0311 e. The molecule has 0 saturated heterocycles. The van der Waals surface area contributed by atoms with Gasteiger partial charge in [-0.2, -0.15) is 0 Å². The first kappa shape index (κ1) is 18.6. The summed E-state index contributed by atoms with van der Waals surface area (Å²) in [5.41, 5.74) is 0. The van der Waals surface area contributed by atoms with Crippen molar-refractivity contribution in [3.05, 3.63) is 0 Å². The first-order valence-electron chi connectivity index (χ1n) is 6.90. The van der Waals surface area contributed by atoms with E-state index in [1.54, 1.807) is 0 Å². The van der Waals surface area contributed by atoms with Gasteiger partial charge >= 0.3 is 0 Å².